The van der Waals surface area contributed by atoms with Gasteiger partial charge in [0.2, 0.25) is 0 Å². The van der Waals surface area contributed by atoms with E-state index in [0.29, 0.717) is 11.4 Å². The molecule has 1 aliphatic rings. The van der Waals surface area contributed by atoms with Crippen LogP contribution in [0.1, 0.15) is 5.56 Å². The maximum atomic E-state index is 12.9. The van der Waals surface area contributed by atoms with Gasteiger partial charge in [-0.05, 0) is 0 Å². The summed E-state index contributed by atoms with van der Waals surface area (Å²) in [6.07, 6.45) is -4.53. The zero-order chi connectivity index (χ0) is 20.7. The molecule has 1 atom stereocenters. The van der Waals surface area contributed by atoms with Crippen molar-refractivity contribution < 1.29 is 34.5 Å². The van der Waals surface area contributed by atoms with Crippen molar-refractivity contribution in [1.82, 2.24) is 0 Å². The predicted molar refractivity (Wildman–Crippen MR) is 98.6 cm³/mol. The molecule has 0 aromatic heterocycles. The van der Waals surface area contributed by atoms with E-state index >= 15 is 0 Å². The van der Waals surface area contributed by atoms with Crippen molar-refractivity contribution in [3.63, 3.8) is 0 Å². The van der Waals surface area contributed by atoms with Crippen LogP contribution in [0.3, 0.4) is 0 Å². The van der Waals surface area contributed by atoms with E-state index < -0.39 is 29.4 Å². The normalized spacial score (nSPS) is 15.0. The van der Waals surface area contributed by atoms with Crippen molar-refractivity contribution in [1.29, 1.82) is 0 Å². The molecular formula is C15H10ClF4NO4P2S. The van der Waals surface area contributed by atoms with E-state index in [1.165, 1.54) is 18.2 Å². The number of hydrogen-bond acceptors (Lipinski definition) is 5. The minimum atomic E-state index is -4.53. The zero-order valence-corrected chi connectivity index (χ0v) is 17.0. The Labute approximate surface area is 165 Å². The van der Waals surface area contributed by atoms with Gasteiger partial charge in [0, 0.05) is 0 Å². The van der Waals surface area contributed by atoms with Gasteiger partial charge in [-0.25, -0.2) is 0 Å². The third-order valence-electron chi connectivity index (χ3n) is 3.81. The third-order valence-corrected chi connectivity index (χ3v) is 6.82. The molecule has 1 aliphatic heterocycles. The molecule has 1 heterocycles. The third kappa shape index (κ3) is 4.47. The van der Waals surface area contributed by atoms with E-state index in [-0.39, 0.29) is 28.8 Å². The van der Waals surface area contributed by atoms with Gasteiger partial charge in [0.05, 0.1) is 0 Å². The summed E-state index contributed by atoms with van der Waals surface area (Å²) in [5.41, 5.74) is -0.197. The quantitative estimate of drug-likeness (QED) is 0.392. The number of nitrogens with zero attached hydrogens (tertiary/aromatic N) is 1. The first kappa shape index (κ1) is 21.4. The molecule has 0 saturated heterocycles. The van der Waals surface area contributed by atoms with E-state index in [4.69, 9.17) is 16.3 Å². The average molecular weight is 474 g/mol. The zero-order valence-electron chi connectivity index (χ0n) is 13.7. The molecule has 0 spiro atoms. The van der Waals surface area contributed by atoms with E-state index in [0.717, 1.165) is 18.2 Å². The van der Waals surface area contributed by atoms with Gasteiger partial charge < -0.3 is 0 Å². The van der Waals surface area contributed by atoms with E-state index in [1.54, 1.807) is 4.90 Å². The van der Waals surface area contributed by atoms with Crippen LogP contribution in [0, 0.1) is 0 Å². The number of alkyl halides is 3. The van der Waals surface area contributed by atoms with Crippen LogP contribution in [0.25, 0.3) is 0 Å². The summed E-state index contributed by atoms with van der Waals surface area (Å²) < 4.78 is 85.0. The second kappa shape index (κ2) is 7.84. The standard InChI is InChI=1S/C15H10ClF4NO4P2S/c16-11-7-9(15(17,18)19)1-3-12(11)21-5-6-24-14-8-10(2-4-13(14)21)28(22,23)25-27(20)26/h1-4,7-8H,5-6H2. The fourth-order valence-electron chi connectivity index (χ4n) is 2.63. The Kier molecular flexibility index (Phi) is 5.99. The number of benzene rings is 2. The molecule has 0 radical (unpaired) electrons. The van der Waals surface area contributed by atoms with Gasteiger partial charge in [0.15, 0.2) is 0 Å². The Bertz CT molecular complexity index is 1100. The van der Waals surface area contributed by atoms with Crippen molar-refractivity contribution in [2.24, 2.45) is 0 Å². The molecule has 28 heavy (non-hydrogen) atoms. The minimum absolute atomic E-state index is 0.122. The Balaban J connectivity index is 2.00. The molecule has 0 aliphatic carbocycles. The molecule has 1 unspecified atom stereocenters. The molecular weight excluding hydrogens is 464 g/mol. The molecule has 13 heteroatoms. The summed E-state index contributed by atoms with van der Waals surface area (Å²) in [5.74, 6) is 0.134. The molecule has 0 bridgehead atoms. The first-order chi connectivity index (χ1) is 13.0. The molecule has 5 nitrogen and oxygen atoms in total. The average Bonchev–Trinajstić information content (AvgIpc) is 2.59. The Hall–Kier alpha value is -1.31. The number of ether oxygens (including phenoxy) is 1. The van der Waals surface area contributed by atoms with Crippen LogP contribution in [0.4, 0.5) is 28.7 Å². The predicted octanol–water partition coefficient (Wildman–Crippen LogP) is 6.20. The van der Waals surface area contributed by atoms with Crippen molar-refractivity contribution in [2.45, 2.75) is 11.1 Å². The van der Waals surface area contributed by atoms with E-state index in [2.05, 4.69) is 12.3 Å². The van der Waals surface area contributed by atoms with Gasteiger partial charge in [-0.15, -0.1) is 0 Å². The van der Waals surface area contributed by atoms with Crippen molar-refractivity contribution in [2.75, 3.05) is 18.1 Å². The molecule has 2 aromatic carbocycles. The molecule has 2 aromatic rings. The first-order valence-electron chi connectivity index (χ1n) is 7.49. The Morgan fingerprint density at radius 3 is 2.46 bits per heavy atom. The summed E-state index contributed by atoms with van der Waals surface area (Å²) >= 11 is 6.05. The Morgan fingerprint density at radius 2 is 1.86 bits per heavy atom. The number of fused-ring (bicyclic) bond motifs is 1. The van der Waals surface area contributed by atoms with E-state index in [1.807, 2.05) is 0 Å². The summed E-state index contributed by atoms with van der Waals surface area (Å²) in [6.45, 7) is 0.393. The molecule has 150 valence electrons. The molecule has 0 saturated carbocycles. The van der Waals surface area contributed by atoms with Crippen molar-refractivity contribution in [3.05, 3.63) is 47.0 Å². The molecule has 0 N–H and O–H groups in total. The Morgan fingerprint density at radius 1 is 1.18 bits per heavy atom. The van der Waals surface area contributed by atoms with Gasteiger partial charge in [0.1, 0.15) is 0 Å². The summed E-state index contributed by atoms with van der Waals surface area (Å²) in [6, 6.07) is 6.62. The van der Waals surface area contributed by atoms with Crippen molar-refractivity contribution >= 4 is 49.0 Å². The van der Waals surface area contributed by atoms with Gasteiger partial charge >= 0.3 is 152 Å². The maximum absolute atomic E-state index is 12.9. The van der Waals surface area contributed by atoms with Crippen LogP contribution in [-0.2, 0) is 20.3 Å². The van der Waals surface area contributed by atoms with Crippen LogP contribution in [-0.4, -0.2) is 21.6 Å². The fraction of sp³-hybridized carbons (Fsp3) is 0.200. The first-order valence-corrected chi connectivity index (χ1v) is 11.6. The van der Waals surface area contributed by atoms with Crippen LogP contribution in [0.5, 0.6) is 5.75 Å². The van der Waals surface area contributed by atoms with Gasteiger partial charge in [0.25, 0.3) is 0 Å². The molecule has 0 amide bonds. The monoisotopic (exact) mass is 473 g/mol. The fourth-order valence-corrected chi connectivity index (χ4v) is 5.18. The summed E-state index contributed by atoms with van der Waals surface area (Å²) in [4.78, 5) is 1.25. The van der Waals surface area contributed by atoms with E-state index in [9.17, 15) is 25.8 Å². The van der Waals surface area contributed by atoms with Gasteiger partial charge in [-0.3, -0.25) is 0 Å². The van der Waals surface area contributed by atoms with Crippen LogP contribution in [0.2, 0.25) is 5.02 Å². The summed E-state index contributed by atoms with van der Waals surface area (Å²) in [5, 5.41) is -0.124. The van der Waals surface area contributed by atoms with Gasteiger partial charge in [-0.1, -0.05) is 0 Å². The van der Waals surface area contributed by atoms with Crippen LogP contribution in [0.15, 0.2) is 41.3 Å². The topological polar surface area (TPSA) is 55.8 Å². The van der Waals surface area contributed by atoms with Crippen LogP contribution >= 0.6 is 27.5 Å². The second-order valence-corrected chi connectivity index (χ2v) is 9.33. The van der Waals surface area contributed by atoms with Crippen LogP contribution < -0.4 is 9.64 Å². The second-order valence-electron chi connectivity index (χ2n) is 5.55. The number of anilines is 2. The number of rotatable bonds is 3. The molecule has 3 rings (SSSR count). The number of halogens is 5. The SMILES string of the molecule is O=S(=O)(OP(F)#P)c1ccc2c(c1)OCCN2c1ccc(C(F)(F)F)cc1Cl. The van der Waals surface area contributed by atoms with Crippen molar-refractivity contribution in [3.8, 4) is 5.75 Å². The summed E-state index contributed by atoms with van der Waals surface area (Å²) in [7, 11) is -4.01. The van der Waals surface area contributed by atoms with Gasteiger partial charge in [-0.2, -0.15) is 13.2 Å². The molecule has 0 fully saturated rings. The number of hydrogen-bond donors (Lipinski definition) is 0.